The molecule has 6 rings (SSSR count). The van der Waals surface area contributed by atoms with Gasteiger partial charge in [0, 0.05) is 24.5 Å². The number of benzene rings is 4. The van der Waals surface area contributed by atoms with Crippen LogP contribution in [0.25, 0.3) is 5.76 Å². The van der Waals surface area contributed by atoms with E-state index in [1.165, 1.54) is 4.90 Å². The van der Waals surface area contributed by atoms with Crippen LogP contribution in [0.1, 0.15) is 33.9 Å². The molecule has 1 amide bonds. The van der Waals surface area contributed by atoms with Crippen LogP contribution in [0.15, 0.2) is 133 Å². The van der Waals surface area contributed by atoms with Crippen molar-refractivity contribution in [2.45, 2.75) is 26.1 Å². The van der Waals surface area contributed by atoms with E-state index in [4.69, 9.17) is 9.47 Å². The summed E-state index contributed by atoms with van der Waals surface area (Å²) in [4.78, 5) is 32.7. The monoisotopic (exact) mass is 582 g/mol. The molecule has 0 saturated carbocycles. The number of likely N-dealkylation sites (tertiary alicyclic amines) is 1. The lowest BCUT2D eigenvalue weighted by molar-refractivity contribution is -0.140. The van der Waals surface area contributed by atoms with Crippen LogP contribution < -0.4 is 9.47 Å². The summed E-state index contributed by atoms with van der Waals surface area (Å²) in [6.07, 6.45) is 3.30. The molecule has 2 heterocycles. The first kappa shape index (κ1) is 28.4. The van der Waals surface area contributed by atoms with E-state index in [-0.39, 0.29) is 17.9 Å². The molecule has 1 aliphatic rings. The summed E-state index contributed by atoms with van der Waals surface area (Å²) in [7, 11) is 0. The van der Waals surface area contributed by atoms with Crippen molar-refractivity contribution in [2.24, 2.45) is 0 Å². The van der Waals surface area contributed by atoms with Gasteiger partial charge in [-0.1, -0.05) is 60.7 Å². The third-order valence-electron chi connectivity index (χ3n) is 7.55. The second-order valence-corrected chi connectivity index (χ2v) is 10.5. The van der Waals surface area contributed by atoms with Crippen LogP contribution in [-0.4, -0.2) is 26.7 Å². The maximum Gasteiger partial charge on any atom is 0.295 e. The molecule has 0 radical (unpaired) electrons. The van der Waals surface area contributed by atoms with E-state index >= 15 is 0 Å². The molecular formula is C37H30N2O5. The van der Waals surface area contributed by atoms with Crippen molar-refractivity contribution < 1.29 is 24.2 Å². The minimum Gasteiger partial charge on any atom is -0.507 e. The molecule has 4 aromatic carbocycles. The fraction of sp³-hybridized carbons (Fsp3) is 0.108. The van der Waals surface area contributed by atoms with Crippen LogP contribution >= 0.6 is 0 Å². The predicted molar refractivity (Wildman–Crippen MR) is 167 cm³/mol. The molecule has 7 heteroatoms. The number of ketones is 1. The van der Waals surface area contributed by atoms with Crippen LogP contribution in [-0.2, 0) is 22.7 Å². The SMILES string of the molecule is Cc1ccccc1COc1ccc(C(O)=C2C(=O)C(=O)N(Cc3cccnc3)C2c2cccc(Oc3ccccc3)c2)cc1. The second kappa shape index (κ2) is 12.7. The van der Waals surface area contributed by atoms with Crippen LogP contribution in [0.5, 0.6) is 17.2 Å². The van der Waals surface area contributed by atoms with Gasteiger partial charge in [0.2, 0.25) is 0 Å². The van der Waals surface area contributed by atoms with E-state index < -0.39 is 17.7 Å². The highest BCUT2D eigenvalue weighted by atomic mass is 16.5. The fourth-order valence-electron chi connectivity index (χ4n) is 5.25. The first-order valence-corrected chi connectivity index (χ1v) is 14.3. The van der Waals surface area contributed by atoms with Crippen molar-refractivity contribution >= 4 is 17.4 Å². The Morgan fingerprint density at radius 3 is 2.32 bits per heavy atom. The molecule has 44 heavy (non-hydrogen) atoms. The molecule has 1 aromatic heterocycles. The van der Waals surface area contributed by atoms with Gasteiger partial charge in [0.05, 0.1) is 11.6 Å². The van der Waals surface area contributed by atoms with E-state index in [1.54, 1.807) is 60.9 Å². The van der Waals surface area contributed by atoms with Gasteiger partial charge in [-0.25, -0.2) is 0 Å². The van der Waals surface area contributed by atoms with Crippen molar-refractivity contribution in [1.29, 1.82) is 0 Å². The van der Waals surface area contributed by atoms with Crippen molar-refractivity contribution in [1.82, 2.24) is 9.88 Å². The Kier molecular flexibility index (Phi) is 8.19. The lowest BCUT2D eigenvalue weighted by Gasteiger charge is -2.25. The number of pyridine rings is 1. The third-order valence-corrected chi connectivity index (χ3v) is 7.55. The average Bonchev–Trinajstić information content (AvgIpc) is 3.30. The first-order chi connectivity index (χ1) is 21.5. The Balaban J connectivity index is 1.35. The topological polar surface area (TPSA) is 89.0 Å². The van der Waals surface area contributed by atoms with Crippen molar-refractivity contribution in [2.75, 3.05) is 0 Å². The van der Waals surface area contributed by atoms with Gasteiger partial charge < -0.3 is 19.5 Å². The second-order valence-electron chi connectivity index (χ2n) is 10.5. The Morgan fingerprint density at radius 2 is 1.57 bits per heavy atom. The lowest BCUT2D eigenvalue weighted by Crippen LogP contribution is -2.29. The highest BCUT2D eigenvalue weighted by molar-refractivity contribution is 6.46. The number of nitrogens with zero attached hydrogens (tertiary/aromatic N) is 2. The Labute approximate surface area is 255 Å². The number of carbonyl (C=O) groups excluding carboxylic acids is 2. The van der Waals surface area contributed by atoms with Gasteiger partial charge in [0.25, 0.3) is 11.7 Å². The highest BCUT2D eigenvalue weighted by Gasteiger charge is 2.46. The number of ether oxygens (including phenoxy) is 2. The summed E-state index contributed by atoms with van der Waals surface area (Å²) < 4.78 is 12.0. The maximum atomic E-state index is 13.6. The quantitative estimate of drug-likeness (QED) is 0.111. The number of hydrogen-bond donors (Lipinski definition) is 1. The molecular weight excluding hydrogens is 552 g/mol. The third kappa shape index (κ3) is 6.08. The van der Waals surface area contributed by atoms with Gasteiger partial charge in [0.1, 0.15) is 29.6 Å². The number of rotatable bonds is 9. The Hall–Kier alpha value is -5.69. The molecule has 0 bridgehead atoms. The van der Waals surface area contributed by atoms with Gasteiger partial charge >= 0.3 is 0 Å². The number of para-hydroxylation sites is 1. The van der Waals surface area contributed by atoms with Gasteiger partial charge in [0.15, 0.2) is 0 Å². The Bertz CT molecular complexity index is 1820. The summed E-state index contributed by atoms with van der Waals surface area (Å²) in [6, 6.07) is 34.2. The number of aryl methyl sites for hydroxylation is 1. The van der Waals surface area contributed by atoms with Crippen LogP contribution in [0.2, 0.25) is 0 Å². The molecule has 1 fully saturated rings. The largest absolute Gasteiger partial charge is 0.507 e. The predicted octanol–water partition coefficient (Wildman–Crippen LogP) is 7.38. The van der Waals surface area contributed by atoms with E-state index in [0.29, 0.717) is 35.0 Å². The minimum atomic E-state index is -0.855. The zero-order valence-corrected chi connectivity index (χ0v) is 24.1. The van der Waals surface area contributed by atoms with Crippen molar-refractivity contribution in [3.8, 4) is 17.2 Å². The molecule has 0 spiro atoms. The zero-order chi connectivity index (χ0) is 30.5. The van der Waals surface area contributed by atoms with Crippen molar-refractivity contribution in [3.05, 3.63) is 161 Å². The highest BCUT2D eigenvalue weighted by Crippen LogP contribution is 2.41. The molecule has 7 nitrogen and oxygen atoms in total. The summed E-state index contributed by atoms with van der Waals surface area (Å²) in [5.41, 5.74) is 3.99. The number of aromatic nitrogens is 1. The maximum absolute atomic E-state index is 13.6. The number of aliphatic hydroxyl groups excluding tert-OH is 1. The normalized spacial score (nSPS) is 15.8. The molecule has 218 valence electrons. The van der Waals surface area contributed by atoms with E-state index in [0.717, 1.165) is 16.7 Å². The summed E-state index contributed by atoms with van der Waals surface area (Å²) in [5.74, 6) is 0.0826. The van der Waals surface area contributed by atoms with Gasteiger partial charge in [-0.2, -0.15) is 0 Å². The van der Waals surface area contributed by atoms with E-state index in [9.17, 15) is 14.7 Å². The number of hydrogen-bond acceptors (Lipinski definition) is 6. The molecule has 1 saturated heterocycles. The summed E-state index contributed by atoms with van der Waals surface area (Å²) >= 11 is 0. The minimum absolute atomic E-state index is 0.00401. The standard InChI is InChI=1S/C37H30N2O5/c1-25-9-5-6-11-29(25)24-43-30-18-16-27(17-19-30)35(40)33-34(39(37(42)36(33)41)23-26-10-8-20-38-22-26)28-12-7-15-32(21-28)44-31-13-3-2-4-14-31/h2-22,34,40H,23-24H2,1H3. The van der Waals surface area contributed by atoms with E-state index in [1.807, 2.05) is 73.7 Å². The van der Waals surface area contributed by atoms with Crippen molar-refractivity contribution in [3.63, 3.8) is 0 Å². The fourth-order valence-corrected chi connectivity index (χ4v) is 5.25. The molecule has 1 atom stereocenters. The van der Waals surface area contributed by atoms with Crippen LogP contribution in [0.4, 0.5) is 0 Å². The number of amides is 1. The van der Waals surface area contributed by atoms with Gasteiger partial charge in [-0.3, -0.25) is 14.6 Å². The molecule has 0 aliphatic carbocycles. The summed E-state index contributed by atoms with van der Waals surface area (Å²) in [5, 5.41) is 11.6. The molecule has 1 N–H and O–H groups in total. The molecule has 1 aliphatic heterocycles. The zero-order valence-electron chi connectivity index (χ0n) is 24.1. The number of aliphatic hydroxyl groups is 1. The average molecular weight is 583 g/mol. The van der Waals surface area contributed by atoms with Gasteiger partial charge in [-0.05, 0) is 83.8 Å². The number of Topliss-reactive ketones (excluding diaryl/α,β-unsaturated/α-hetero) is 1. The smallest absolute Gasteiger partial charge is 0.295 e. The lowest BCUT2D eigenvalue weighted by atomic mass is 9.95. The van der Waals surface area contributed by atoms with Crippen LogP contribution in [0, 0.1) is 6.92 Å². The summed E-state index contributed by atoms with van der Waals surface area (Å²) in [6.45, 7) is 2.57. The molecule has 5 aromatic rings. The Morgan fingerprint density at radius 1 is 0.818 bits per heavy atom. The molecule has 1 unspecified atom stereocenters. The van der Waals surface area contributed by atoms with Crippen LogP contribution in [0.3, 0.4) is 0 Å². The van der Waals surface area contributed by atoms with E-state index in [2.05, 4.69) is 4.98 Å². The first-order valence-electron chi connectivity index (χ1n) is 14.3. The number of carbonyl (C=O) groups is 2. The van der Waals surface area contributed by atoms with Gasteiger partial charge in [-0.15, -0.1) is 0 Å².